The van der Waals surface area contributed by atoms with Crippen LogP contribution in [0.4, 0.5) is 0 Å². The molecule has 0 bridgehead atoms. The van der Waals surface area contributed by atoms with Crippen LogP contribution in [0, 0.1) is 0 Å². The quantitative estimate of drug-likeness (QED) is 0.0422. The zero-order valence-corrected chi connectivity index (χ0v) is 32.9. The van der Waals surface area contributed by atoms with Crippen LogP contribution in [0.5, 0.6) is 0 Å². The average molecular weight is 853 g/mol. The molecule has 0 aliphatic carbocycles. The lowest BCUT2D eigenvalue weighted by molar-refractivity contribution is -0.170. The number of carboxylic acids is 5. The number of hydrogen-bond acceptors (Lipinski definition) is 20. The summed E-state index contributed by atoms with van der Waals surface area (Å²) < 4.78 is 8.76. The van der Waals surface area contributed by atoms with E-state index in [1.807, 2.05) is 0 Å². The SMILES string of the molecule is CC(=O)CN(CCN(CC(=O)O)CC(=O)O)CC(=O)O.CC(=O)CN(CCN(CC(C)=O)CC(=O)O)CC(=O)O.O.O=C1CN(CCN2CC(=O)OC(=O)C2)CC(=O)O1. The van der Waals surface area contributed by atoms with E-state index in [1.165, 1.54) is 35.5 Å². The van der Waals surface area contributed by atoms with Gasteiger partial charge in [-0.15, -0.1) is 0 Å². The monoisotopic (exact) mass is 852 g/mol. The van der Waals surface area contributed by atoms with E-state index in [1.54, 1.807) is 9.80 Å². The molecule has 26 heteroatoms. The topological polar surface area (TPSA) is 375 Å². The van der Waals surface area contributed by atoms with Crippen molar-refractivity contribution in [1.29, 1.82) is 0 Å². The molecule has 2 saturated heterocycles. The van der Waals surface area contributed by atoms with E-state index >= 15 is 0 Å². The molecule has 2 aliphatic rings. The fourth-order valence-corrected chi connectivity index (χ4v) is 5.15. The highest BCUT2D eigenvalue weighted by molar-refractivity contribution is 5.91. The zero-order valence-electron chi connectivity index (χ0n) is 32.9. The van der Waals surface area contributed by atoms with Crippen LogP contribution < -0.4 is 0 Å². The molecule has 2 aliphatic heterocycles. The van der Waals surface area contributed by atoms with Gasteiger partial charge in [-0.25, -0.2) is 0 Å². The van der Waals surface area contributed by atoms with Crippen molar-refractivity contribution in [2.75, 3.05) is 118 Å². The Morgan fingerprint density at radius 2 is 0.610 bits per heavy atom. The number of Topliss-reactive ketones (excluding diaryl/α,β-unsaturated/α-hetero) is 3. The van der Waals surface area contributed by atoms with Gasteiger partial charge in [0.25, 0.3) is 0 Å². The molecule has 59 heavy (non-hydrogen) atoms. The van der Waals surface area contributed by atoms with Crippen LogP contribution >= 0.6 is 0 Å². The molecule has 334 valence electrons. The first-order chi connectivity index (χ1) is 26.9. The number of hydrogen-bond donors (Lipinski definition) is 5. The number of nitrogens with zero attached hydrogens (tertiary/aromatic N) is 6. The van der Waals surface area contributed by atoms with Crippen molar-refractivity contribution >= 4 is 71.1 Å². The maximum Gasteiger partial charge on any atom is 0.327 e. The second-order valence-electron chi connectivity index (χ2n) is 13.0. The van der Waals surface area contributed by atoms with Crippen LogP contribution in [0.1, 0.15) is 20.8 Å². The lowest BCUT2D eigenvalue weighted by Gasteiger charge is -2.28. The van der Waals surface area contributed by atoms with Crippen molar-refractivity contribution in [3.05, 3.63) is 0 Å². The molecule has 0 aromatic heterocycles. The van der Waals surface area contributed by atoms with Gasteiger partial charge in [-0.3, -0.25) is 86.9 Å². The van der Waals surface area contributed by atoms with E-state index < -0.39 is 66.8 Å². The number of carbonyl (C=O) groups excluding carboxylic acids is 7. The molecule has 2 rings (SSSR count). The molecule has 7 N–H and O–H groups in total. The molecule has 0 atom stereocenters. The first kappa shape index (κ1) is 55.5. The van der Waals surface area contributed by atoms with Crippen LogP contribution in [0.25, 0.3) is 0 Å². The van der Waals surface area contributed by atoms with E-state index in [0.717, 1.165) is 4.90 Å². The number of ketones is 3. The Morgan fingerprint density at radius 1 is 0.424 bits per heavy atom. The smallest absolute Gasteiger partial charge is 0.327 e. The van der Waals surface area contributed by atoms with Crippen molar-refractivity contribution in [2.24, 2.45) is 0 Å². The predicted octanol–water partition coefficient (Wildman–Crippen LogP) is -5.70. The maximum absolute atomic E-state index is 11.0. The van der Waals surface area contributed by atoms with Crippen molar-refractivity contribution in [3.63, 3.8) is 0 Å². The summed E-state index contributed by atoms with van der Waals surface area (Å²) in [5.74, 6) is -8.52. The Balaban J connectivity index is 0. The normalized spacial score (nSPS) is 14.3. The first-order valence-corrected chi connectivity index (χ1v) is 17.3. The summed E-state index contributed by atoms with van der Waals surface area (Å²) >= 11 is 0. The first-order valence-electron chi connectivity index (χ1n) is 17.3. The summed E-state index contributed by atoms with van der Waals surface area (Å²) in [6, 6.07) is 0. The predicted molar refractivity (Wildman–Crippen MR) is 195 cm³/mol. The highest BCUT2D eigenvalue weighted by Crippen LogP contribution is 2.04. The second-order valence-corrected chi connectivity index (χ2v) is 13.0. The third-order valence-electron chi connectivity index (χ3n) is 7.20. The van der Waals surface area contributed by atoms with Gasteiger partial charge in [-0.2, -0.15) is 0 Å². The highest BCUT2D eigenvalue weighted by atomic mass is 16.6. The molecular weight excluding hydrogens is 800 g/mol. The Hall–Kier alpha value is -5.64. The van der Waals surface area contributed by atoms with Gasteiger partial charge in [0.05, 0.1) is 78.5 Å². The molecule has 0 aromatic rings. The third-order valence-corrected chi connectivity index (χ3v) is 7.20. The fourth-order valence-electron chi connectivity index (χ4n) is 5.15. The number of carbonyl (C=O) groups is 12. The highest BCUT2D eigenvalue weighted by Gasteiger charge is 2.28. The number of carboxylic acid groups (broad SMARTS) is 5. The van der Waals surface area contributed by atoms with Crippen LogP contribution in [0.2, 0.25) is 0 Å². The van der Waals surface area contributed by atoms with Gasteiger partial charge in [0.2, 0.25) is 0 Å². The maximum atomic E-state index is 11.0. The minimum atomic E-state index is -1.18. The Bertz CT molecular complexity index is 1240. The minimum absolute atomic E-state index is 0. The number of rotatable bonds is 25. The van der Waals surface area contributed by atoms with Crippen molar-refractivity contribution in [1.82, 2.24) is 29.4 Å². The molecule has 0 unspecified atom stereocenters. The summed E-state index contributed by atoms with van der Waals surface area (Å²) in [5, 5.41) is 43.5. The Labute approximate surface area is 337 Å². The number of cyclic esters (lactones) is 4. The largest absolute Gasteiger partial charge is 0.480 e. The van der Waals surface area contributed by atoms with E-state index in [9.17, 15) is 57.5 Å². The van der Waals surface area contributed by atoms with Crippen molar-refractivity contribution in [3.8, 4) is 0 Å². The number of morpholine rings is 2. The Morgan fingerprint density at radius 3 is 0.780 bits per heavy atom. The molecule has 2 heterocycles. The van der Waals surface area contributed by atoms with E-state index in [0.29, 0.717) is 13.1 Å². The Kier molecular flexibility index (Phi) is 27.8. The summed E-state index contributed by atoms with van der Waals surface area (Å²) in [4.78, 5) is 139. The van der Waals surface area contributed by atoms with Crippen molar-refractivity contribution < 1.29 is 98.0 Å². The van der Waals surface area contributed by atoms with Gasteiger partial charge in [0, 0.05) is 39.3 Å². The molecule has 0 amide bonds. The molecule has 0 aromatic carbocycles. The van der Waals surface area contributed by atoms with Gasteiger partial charge < -0.3 is 40.5 Å². The third kappa shape index (κ3) is 31.1. The number of aliphatic carboxylic acids is 5. The standard InChI is InChI=1S/C12H20N2O6.C11H18N2O7.C10H12N2O6.H2O/c1-9(15)5-13(7-11(17)18)3-4-14(6-10(2)16)8-12(19)20;1-8(14)4-12(5-9(15)16)2-3-13(6-10(17)18)7-11(19)20;13-7-3-11(4-8(14)17-7)1-2-12-5-9(15)18-10(16)6-12;/h3-8H2,1-2H3,(H,17,18)(H,19,20);2-7H2,1H3,(H,15,16)(H,17,18)(H,19,20);1-6H2;1H2. The summed E-state index contributed by atoms with van der Waals surface area (Å²) in [5.41, 5.74) is 0. The number of ether oxygens (including phenoxy) is 2. The van der Waals surface area contributed by atoms with Gasteiger partial charge in [-0.1, -0.05) is 0 Å². The summed E-state index contributed by atoms with van der Waals surface area (Å²) in [6.07, 6.45) is 0. The second kappa shape index (κ2) is 29.6. The summed E-state index contributed by atoms with van der Waals surface area (Å²) in [6.45, 7) is 3.47. The molecule has 0 spiro atoms. The molecule has 0 saturated carbocycles. The molecule has 26 nitrogen and oxygen atoms in total. The lowest BCUT2D eigenvalue weighted by atomic mass is 10.3. The van der Waals surface area contributed by atoms with Gasteiger partial charge >= 0.3 is 53.7 Å². The number of esters is 4. The molecular formula is C33H52N6O20. The summed E-state index contributed by atoms with van der Waals surface area (Å²) in [7, 11) is 0. The average Bonchev–Trinajstić information content (AvgIpc) is 3.03. The van der Waals surface area contributed by atoms with Crippen LogP contribution in [0.3, 0.4) is 0 Å². The van der Waals surface area contributed by atoms with Crippen LogP contribution in [-0.4, -0.2) is 249 Å². The van der Waals surface area contributed by atoms with E-state index in [4.69, 9.17) is 25.5 Å². The van der Waals surface area contributed by atoms with E-state index in [-0.39, 0.29) is 114 Å². The minimum Gasteiger partial charge on any atom is -0.480 e. The van der Waals surface area contributed by atoms with E-state index in [2.05, 4.69) is 9.47 Å². The van der Waals surface area contributed by atoms with Gasteiger partial charge in [0.15, 0.2) is 0 Å². The fraction of sp³-hybridized carbons (Fsp3) is 0.636. The zero-order chi connectivity index (χ0) is 44.5. The van der Waals surface area contributed by atoms with Crippen LogP contribution in [-0.2, 0) is 67.0 Å². The van der Waals surface area contributed by atoms with Gasteiger partial charge in [-0.05, 0) is 20.8 Å². The molecule has 0 radical (unpaired) electrons. The molecule has 2 fully saturated rings. The lowest BCUT2D eigenvalue weighted by Crippen LogP contribution is -2.49. The van der Waals surface area contributed by atoms with Gasteiger partial charge in [0.1, 0.15) is 17.3 Å². The van der Waals surface area contributed by atoms with Crippen molar-refractivity contribution in [2.45, 2.75) is 20.8 Å². The van der Waals surface area contributed by atoms with Crippen LogP contribution in [0.15, 0.2) is 0 Å².